The topological polar surface area (TPSA) is 77.0 Å². The van der Waals surface area contributed by atoms with E-state index in [-0.39, 0.29) is 17.9 Å². The molecule has 0 saturated carbocycles. The Bertz CT molecular complexity index is 1240. The lowest BCUT2D eigenvalue weighted by Gasteiger charge is -2.30. The van der Waals surface area contributed by atoms with Gasteiger partial charge in [-0.25, -0.2) is 14.6 Å². The number of fused-ring (bicyclic) bond motifs is 2. The molecule has 0 radical (unpaired) electrons. The molecule has 1 aliphatic rings. The van der Waals surface area contributed by atoms with Crippen molar-refractivity contribution in [1.82, 2.24) is 24.6 Å². The summed E-state index contributed by atoms with van der Waals surface area (Å²) < 4.78 is 7.78. The van der Waals surface area contributed by atoms with Crippen molar-refractivity contribution in [3.63, 3.8) is 0 Å². The number of oxazole rings is 1. The fraction of sp³-hybridized carbons (Fsp3) is 0.364. The molecule has 1 aromatic carbocycles. The highest BCUT2D eigenvalue weighted by molar-refractivity contribution is 6.31. The fourth-order valence-electron chi connectivity index (χ4n) is 4.04. The van der Waals surface area contributed by atoms with Crippen LogP contribution in [0.4, 0.5) is 0 Å². The second-order valence-electron chi connectivity index (χ2n) is 8.05. The molecule has 1 aliphatic heterocycles. The number of pyridine rings is 1. The fourth-order valence-corrected chi connectivity index (χ4v) is 4.21. The van der Waals surface area contributed by atoms with Gasteiger partial charge in [-0.05, 0) is 51.0 Å². The van der Waals surface area contributed by atoms with Crippen LogP contribution in [0.2, 0.25) is 5.02 Å². The molecular formula is C22H22ClN5O2. The maximum Gasteiger partial charge on any atom is 0.255 e. The second kappa shape index (κ2) is 7.40. The maximum atomic E-state index is 13.0. The van der Waals surface area contributed by atoms with Gasteiger partial charge in [0.25, 0.3) is 5.91 Å². The van der Waals surface area contributed by atoms with E-state index >= 15 is 0 Å². The number of benzene rings is 1. The number of carbonyl (C=O) groups is 1. The number of amides is 1. The highest BCUT2D eigenvalue weighted by Gasteiger charge is 2.28. The van der Waals surface area contributed by atoms with Gasteiger partial charge in [0.05, 0.1) is 11.8 Å². The molecule has 0 N–H and O–H groups in total. The van der Waals surface area contributed by atoms with E-state index in [9.17, 15) is 4.79 Å². The lowest BCUT2D eigenvalue weighted by Crippen LogP contribution is -2.38. The zero-order chi connectivity index (χ0) is 20.8. The van der Waals surface area contributed by atoms with Crippen molar-refractivity contribution in [3.8, 4) is 0 Å². The Morgan fingerprint density at radius 2 is 2.00 bits per heavy atom. The number of piperidine rings is 1. The van der Waals surface area contributed by atoms with E-state index in [2.05, 4.69) is 28.9 Å². The van der Waals surface area contributed by atoms with E-state index in [1.807, 2.05) is 27.8 Å². The molecule has 8 heteroatoms. The van der Waals surface area contributed by atoms with Gasteiger partial charge in [-0.2, -0.15) is 5.10 Å². The van der Waals surface area contributed by atoms with Crippen LogP contribution >= 0.6 is 11.6 Å². The van der Waals surface area contributed by atoms with Gasteiger partial charge in [-0.3, -0.25) is 4.79 Å². The van der Waals surface area contributed by atoms with E-state index in [0.717, 1.165) is 40.9 Å². The van der Waals surface area contributed by atoms with Crippen molar-refractivity contribution < 1.29 is 9.21 Å². The molecule has 3 aromatic heterocycles. The van der Waals surface area contributed by atoms with Crippen LogP contribution in [0.5, 0.6) is 0 Å². The zero-order valence-corrected chi connectivity index (χ0v) is 17.6. The molecule has 0 atom stereocenters. The first-order valence-electron chi connectivity index (χ1n) is 10.2. The molecule has 0 unspecified atom stereocenters. The molecule has 4 heterocycles. The number of nitrogens with zero attached hydrogens (tertiary/aromatic N) is 5. The number of likely N-dealkylation sites (tertiary alicyclic amines) is 1. The molecule has 30 heavy (non-hydrogen) atoms. The molecule has 1 amide bonds. The molecule has 0 aliphatic carbocycles. The smallest absolute Gasteiger partial charge is 0.255 e. The lowest BCUT2D eigenvalue weighted by atomic mass is 9.96. The Morgan fingerprint density at radius 3 is 2.77 bits per heavy atom. The number of hydrogen-bond acceptors (Lipinski definition) is 5. The molecule has 154 valence electrons. The van der Waals surface area contributed by atoms with Crippen LogP contribution in [-0.2, 0) is 0 Å². The van der Waals surface area contributed by atoms with Crippen molar-refractivity contribution in [2.45, 2.75) is 38.6 Å². The molecule has 1 saturated heterocycles. The van der Waals surface area contributed by atoms with Crippen LogP contribution in [0.15, 0.2) is 41.1 Å². The van der Waals surface area contributed by atoms with Crippen LogP contribution in [0.1, 0.15) is 54.9 Å². The first kappa shape index (κ1) is 19.1. The molecule has 0 spiro atoms. The molecule has 1 fully saturated rings. The van der Waals surface area contributed by atoms with Gasteiger partial charge >= 0.3 is 0 Å². The number of hydrogen-bond donors (Lipinski definition) is 0. The highest BCUT2D eigenvalue weighted by Crippen LogP contribution is 2.31. The summed E-state index contributed by atoms with van der Waals surface area (Å²) in [7, 11) is 0. The van der Waals surface area contributed by atoms with Gasteiger partial charge in [0.15, 0.2) is 17.1 Å². The van der Waals surface area contributed by atoms with Crippen LogP contribution < -0.4 is 0 Å². The van der Waals surface area contributed by atoms with Crippen molar-refractivity contribution in [3.05, 3.63) is 53.1 Å². The number of aromatic nitrogens is 4. The van der Waals surface area contributed by atoms with Crippen molar-refractivity contribution in [2.75, 3.05) is 13.1 Å². The Labute approximate surface area is 178 Å². The van der Waals surface area contributed by atoms with Gasteiger partial charge in [0.2, 0.25) is 0 Å². The van der Waals surface area contributed by atoms with Gasteiger partial charge in [0.1, 0.15) is 5.52 Å². The molecule has 5 rings (SSSR count). The van der Waals surface area contributed by atoms with Crippen molar-refractivity contribution in [2.24, 2.45) is 0 Å². The largest absolute Gasteiger partial charge is 0.440 e. The molecule has 7 nitrogen and oxygen atoms in total. The second-order valence-corrected chi connectivity index (χ2v) is 8.49. The summed E-state index contributed by atoms with van der Waals surface area (Å²) in [5.74, 6) is 0.929. The Morgan fingerprint density at radius 1 is 1.20 bits per heavy atom. The van der Waals surface area contributed by atoms with E-state index in [1.54, 1.807) is 18.5 Å². The van der Waals surface area contributed by atoms with Gasteiger partial charge < -0.3 is 9.32 Å². The molecule has 0 bridgehead atoms. The van der Waals surface area contributed by atoms with Crippen LogP contribution in [0, 0.1) is 0 Å². The minimum Gasteiger partial charge on any atom is -0.440 e. The third-order valence-corrected chi connectivity index (χ3v) is 5.90. The Hall–Kier alpha value is -2.93. The summed E-state index contributed by atoms with van der Waals surface area (Å²) in [5.41, 5.74) is 2.92. The SMILES string of the molecule is CC(C)n1ncc2cc(C(=O)N3CCC(c4nc5cc(Cl)ccc5o4)CC3)cnc21. The predicted molar refractivity (Wildman–Crippen MR) is 115 cm³/mol. The third-order valence-electron chi connectivity index (χ3n) is 5.67. The predicted octanol–water partition coefficient (Wildman–Crippen LogP) is 4.83. The van der Waals surface area contributed by atoms with Gasteiger partial charge in [-0.1, -0.05) is 11.6 Å². The van der Waals surface area contributed by atoms with E-state index < -0.39 is 0 Å². The first-order valence-corrected chi connectivity index (χ1v) is 10.6. The summed E-state index contributed by atoms with van der Waals surface area (Å²) in [6.07, 6.45) is 5.05. The standard InChI is InChI=1S/C22H22ClN5O2/c1-13(2)28-20-15(12-25-28)9-16(11-24-20)22(29)27-7-5-14(6-8-27)21-26-18-10-17(23)3-4-19(18)30-21/h3-4,9-14H,5-8H2,1-2H3. The van der Waals surface area contributed by atoms with Crippen LogP contribution in [0.25, 0.3) is 22.1 Å². The molecule has 4 aromatic rings. The molecular weight excluding hydrogens is 402 g/mol. The Balaban J connectivity index is 1.30. The quantitative estimate of drug-likeness (QED) is 0.471. The van der Waals surface area contributed by atoms with E-state index in [1.165, 1.54) is 0 Å². The monoisotopic (exact) mass is 423 g/mol. The van der Waals surface area contributed by atoms with Crippen LogP contribution in [-0.4, -0.2) is 43.6 Å². The van der Waals surface area contributed by atoms with Crippen molar-refractivity contribution in [1.29, 1.82) is 0 Å². The average Bonchev–Trinajstić information content (AvgIpc) is 3.36. The summed E-state index contributed by atoms with van der Waals surface area (Å²) in [4.78, 5) is 24.0. The van der Waals surface area contributed by atoms with Gasteiger partial charge in [-0.15, -0.1) is 0 Å². The van der Waals surface area contributed by atoms with E-state index in [0.29, 0.717) is 23.7 Å². The van der Waals surface area contributed by atoms with Gasteiger partial charge in [0, 0.05) is 41.7 Å². The number of carbonyl (C=O) groups excluding carboxylic acids is 1. The lowest BCUT2D eigenvalue weighted by molar-refractivity contribution is 0.0706. The maximum absolute atomic E-state index is 13.0. The normalized spacial score (nSPS) is 15.5. The highest BCUT2D eigenvalue weighted by atomic mass is 35.5. The average molecular weight is 424 g/mol. The Kier molecular flexibility index (Phi) is 4.70. The first-order chi connectivity index (χ1) is 14.5. The minimum atomic E-state index is 0.00416. The van der Waals surface area contributed by atoms with E-state index in [4.69, 9.17) is 16.0 Å². The van der Waals surface area contributed by atoms with Crippen molar-refractivity contribution >= 4 is 39.6 Å². The summed E-state index contributed by atoms with van der Waals surface area (Å²) in [6.45, 7) is 5.43. The van der Waals surface area contributed by atoms with Crippen LogP contribution in [0.3, 0.4) is 0 Å². The number of rotatable bonds is 3. The summed E-state index contributed by atoms with van der Waals surface area (Å²) in [6, 6.07) is 7.56. The third kappa shape index (κ3) is 3.33. The minimum absolute atomic E-state index is 0.00416. The summed E-state index contributed by atoms with van der Waals surface area (Å²) in [5, 5.41) is 5.91. The summed E-state index contributed by atoms with van der Waals surface area (Å²) >= 11 is 6.04. The number of halogens is 1. The zero-order valence-electron chi connectivity index (χ0n) is 16.9.